The minimum atomic E-state index is -2.58. The highest BCUT2D eigenvalue weighted by Crippen LogP contribution is 2.35. The van der Waals surface area contributed by atoms with Crippen molar-refractivity contribution >= 4 is 17.6 Å². The predicted octanol–water partition coefficient (Wildman–Crippen LogP) is 2.61. The van der Waals surface area contributed by atoms with E-state index in [0.717, 1.165) is 4.90 Å². The maximum Gasteiger partial charge on any atom is 0.263 e. The van der Waals surface area contributed by atoms with Gasteiger partial charge in [-0.1, -0.05) is 24.3 Å². The number of amides is 2. The standard InChI is InChI=1S/C20H18F3N3O3/c1-12-6-15(21)18(24-7-12)25-9-16(27)26(20(19(25)28)10-29-11-20)8-13-2-4-14(5-3-13)17(22)23/h2-7,17H,8-11H2,1H3. The summed E-state index contributed by atoms with van der Waals surface area (Å²) in [6, 6.07) is 6.83. The van der Waals surface area contributed by atoms with Crippen molar-refractivity contribution < 1.29 is 27.5 Å². The summed E-state index contributed by atoms with van der Waals surface area (Å²) in [6.07, 6.45) is -1.16. The molecule has 152 valence electrons. The van der Waals surface area contributed by atoms with Crippen LogP contribution < -0.4 is 4.90 Å². The van der Waals surface area contributed by atoms with Crippen molar-refractivity contribution in [2.75, 3.05) is 24.7 Å². The van der Waals surface area contributed by atoms with Crippen LogP contribution in [0.5, 0.6) is 0 Å². The number of carbonyl (C=O) groups is 2. The van der Waals surface area contributed by atoms with Crippen LogP contribution in [-0.4, -0.2) is 47.0 Å². The van der Waals surface area contributed by atoms with Gasteiger partial charge >= 0.3 is 0 Å². The average Bonchev–Trinajstić information content (AvgIpc) is 2.64. The normalized spacial score (nSPS) is 18.5. The Labute approximate surface area is 164 Å². The second kappa shape index (κ2) is 7.14. The summed E-state index contributed by atoms with van der Waals surface area (Å²) >= 11 is 0. The Kier molecular flexibility index (Phi) is 4.77. The summed E-state index contributed by atoms with van der Waals surface area (Å²) in [4.78, 5) is 32.5. The molecule has 0 radical (unpaired) electrons. The third kappa shape index (κ3) is 3.25. The lowest BCUT2D eigenvalue weighted by Gasteiger charge is -2.52. The monoisotopic (exact) mass is 405 g/mol. The molecular formula is C20H18F3N3O3. The molecule has 0 saturated carbocycles. The average molecular weight is 405 g/mol. The zero-order valence-electron chi connectivity index (χ0n) is 15.6. The molecule has 0 bridgehead atoms. The third-order valence-corrected chi connectivity index (χ3v) is 5.22. The summed E-state index contributed by atoms with van der Waals surface area (Å²) < 4.78 is 45.1. The lowest BCUT2D eigenvalue weighted by Crippen LogP contribution is -2.76. The molecule has 9 heteroatoms. The molecule has 0 N–H and O–H groups in total. The number of benzene rings is 1. The van der Waals surface area contributed by atoms with E-state index >= 15 is 0 Å². The molecule has 3 heterocycles. The number of nitrogens with zero attached hydrogens (tertiary/aromatic N) is 3. The molecule has 2 amide bonds. The number of piperazine rings is 1. The summed E-state index contributed by atoms with van der Waals surface area (Å²) in [5.41, 5.74) is -0.175. The van der Waals surface area contributed by atoms with Crippen molar-refractivity contribution in [2.24, 2.45) is 0 Å². The number of ether oxygens (including phenoxy) is 1. The van der Waals surface area contributed by atoms with Gasteiger partial charge in [0.1, 0.15) is 6.54 Å². The van der Waals surface area contributed by atoms with Crippen molar-refractivity contribution in [1.29, 1.82) is 0 Å². The first-order valence-corrected chi connectivity index (χ1v) is 9.01. The van der Waals surface area contributed by atoms with E-state index in [4.69, 9.17) is 4.74 Å². The highest BCUT2D eigenvalue weighted by Gasteiger charge is 2.58. The molecule has 2 fully saturated rings. The molecule has 2 aliphatic rings. The van der Waals surface area contributed by atoms with Crippen LogP contribution in [0, 0.1) is 12.7 Å². The van der Waals surface area contributed by atoms with Crippen LogP contribution in [0.4, 0.5) is 19.0 Å². The van der Waals surface area contributed by atoms with Gasteiger partial charge in [-0.25, -0.2) is 18.2 Å². The SMILES string of the molecule is Cc1cnc(N2CC(=O)N(Cc3ccc(C(F)F)cc3)C3(COC3)C2=O)c(F)c1. The Morgan fingerprint density at radius 1 is 1.21 bits per heavy atom. The van der Waals surface area contributed by atoms with Gasteiger partial charge in [-0.05, 0) is 24.1 Å². The number of hydrogen-bond donors (Lipinski definition) is 0. The Bertz CT molecular complexity index is 961. The molecule has 2 aromatic rings. The van der Waals surface area contributed by atoms with Crippen LogP contribution in [0.15, 0.2) is 36.5 Å². The van der Waals surface area contributed by atoms with Gasteiger partial charge in [0, 0.05) is 18.3 Å². The number of carbonyl (C=O) groups excluding carboxylic acids is 2. The van der Waals surface area contributed by atoms with Crippen LogP contribution in [0.3, 0.4) is 0 Å². The lowest BCUT2D eigenvalue weighted by atomic mass is 9.89. The van der Waals surface area contributed by atoms with Crippen molar-refractivity contribution in [1.82, 2.24) is 9.88 Å². The molecule has 0 unspecified atom stereocenters. The number of hydrogen-bond acceptors (Lipinski definition) is 4. The molecule has 4 rings (SSSR count). The Hall–Kier alpha value is -2.94. The molecule has 1 aromatic heterocycles. The van der Waals surface area contributed by atoms with Crippen LogP contribution in [-0.2, 0) is 20.9 Å². The minimum Gasteiger partial charge on any atom is -0.375 e. The zero-order valence-corrected chi connectivity index (χ0v) is 15.6. The van der Waals surface area contributed by atoms with E-state index in [9.17, 15) is 22.8 Å². The van der Waals surface area contributed by atoms with E-state index in [2.05, 4.69) is 4.98 Å². The highest BCUT2D eigenvalue weighted by molar-refractivity contribution is 6.09. The highest BCUT2D eigenvalue weighted by atomic mass is 19.3. The topological polar surface area (TPSA) is 62.7 Å². The number of aryl methyl sites for hydroxylation is 1. The van der Waals surface area contributed by atoms with Gasteiger partial charge < -0.3 is 9.64 Å². The second-order valence-corrected chi connectivity index (χ2v) is 7.26. The second-order valence-electron chi connectivity index (χ2n) is 7.26. The number of aromatic nitrogens is 1. The van der Waals surface area contributed by atoms with Crippen LogP contribution >= 0.6 is 0 Å². The smallest absolute Gasteiger partial charge is 0.263 e. The number of anilines is 1. The van der Waals surface area contributed by atoms with Gasteiger partial charge in [0.25, 0.3) is 12.3 Å². The summed E-state index contributed by atoms with van der Waals surface area (Å²) in [5.74, 6) is -1.74. The van der Waals surface area contributed by atoms with Crippen LogP contribution in [0.2, 0.25) is 0 Å². The molecule has 2 saturated heterocycles. The Morgan fingerprint density at radius 3 is 2.45 bits per heavy atom. The third-order valence-electron chi connectivity index (χ3n) is 5.22. The lowest BCUT2D eigenvalue weighted by molar-refractivity contribution is -0.184. The van der Waals surface area contributed by atoms with E-state index in [1.54, 1.807) is 6.92 Å². The van der Waals surface area contributed by atoms with Crippen molar-refractivity contribution in [3.63, 3.8) is 0 Å². The largest absolute Gasteiger partial charge is 0.375 e. The Balaban J connectivity index is 1.62. The first-order chi connectivity index (χ1) is 13.8. The number of pyridine rings is 1. The first-order valence-electron chi connectivity index (χ1n) is 9.01. The fraction of sp³-hybridized carbons (Fsp3) is 0.350. The summed E-state index contributed by atoms with van der Waals surface area (Å²) in [7, 11) is 0. The molecule has 29 heavy (non-hydrogen) atoms. The van der Waals surface area contributed by atoms with E-state index < -0.39 is 29.6 Å². The molecule has 1 spiro atoms. The number of halogens is 3. The predicted molar refractivity (Wildman–Crippen MR) is 96.8 cm³/mol. The van der Waals surface area contributed by atoms with Crippen molar-refractivity contribution in [3.8, 4) is 0 Å². The van der Waals surface area contributed by atoms with E-state index in [1.165, 1.54) is 41.4 Å². The Morgan fingerprint density at radius 2 is 1.90 bits per heavy atom. The molecular weight excluding hydrogens is 387 g/mol. The van der Waals surface area contributed by atoms with E-state index in [0.29, 0.717) is 11.1 Å². The molecule has 0 atom stereocenters. The number of alkyl halides is 2. The molecule has 1 aromatic carbocycles. The van der Waals surface area contributed by atoms with Crippen molar-refractivity contribution in [3.05, 3.63) is 59.0 Å². The maximum absolute atomic E-state index is 14.4. The van der Waals surface area contributed by atoms with Gasteiger partial charge in [0.2, 0.25) is 5.91 Å². The quantitative estimate of drug-likeness (QED) is 0.785. The van der Waals surface area contributed by atoms with Gasteiger partial charge in [0.15, 0.2) is 17.2 Å². The molecule has 0 aliphatic carbocycles. The fourth-order valence-corrected chi connectivity index (χ4v) is 3.56. The fourth-order valence-electron chi connectivity index (χ4n) is 3.56. The minimum absolute atomic E-state index is 0.0172. The van der Waals surface area contributed by atoms with Crippen molar-refractivity contribution in [2.45, 2.75) is 25.4 Å². The summed E-state index contributed by atoms with van der Waals surface area (Å²) in [5, 5.41) is 0. The van der Waals surface area contributed by atoms with Crippen LogP contribution in [0.25, 0.3) is 0 Å². The zero-order chi connectivity index (χ0) is 20.8. The van der Waals surface area contributed by atoms with Gasteiger partial charge in [0.05, 0.1) is 13.2 Å². The van der Waals surface area contributed by atoms with Crippen LogP contribution in [0.1, 0.15) is 23.1 Å². The van der Waals surface area contributed by atoms with Gasteiger partial charge in [-0.3, -0.25) is 14.5 Å². The van der Waals surface area contributed by atoms with Gasteiger partial charge in [-0.15, -0.1) is 0 Å². The first kappa shape index (κ1) is 19.4. The molecule has 2 aliphatic heterocycles. The maximum atomic E-state index is 14.4. The molecule has 6 nitrogen and oxygen atoms in total. The van der Waals surface area contributed by atoms with Gasteiger partial charge in [-0.2, -0.15) is 0 Å². The van der Waals surface area contributed by atoms with E-state index in [1.807, 2.05) is 0 Å². The van der Waals surface area contributed by atoms with E-state index in [-0.39, 0.29) is 37.7 Å². The number of rotatable bonds is 4. The summed E-state index contributed by atoms with van der Waals surface area (Å²) in [6.45, 7) is 1.34.